The van der Waals surface area contributed by atoms with Crippen LogP contribution in [0.2, 0.25) is 0 Å². The molecule has 0 saturated carbocycles. The monoisotopic (exact) mass is 274 g/mol. The van der Waals surface area contributed by atoms with E-state index in [1.165, 1.54) is 0 Å². The summed E-state index contributed by atoms with van der Waals surface area (Å²) in [5, 5.41) is 0. The Hall–Kier alpha value is -1.64. The summed E-state index contributed by atoms with van der Waals surface area (Å²) in [5.41, 5.74) is 0. The Labute approximate surface area is 125 Å². The summed E-state index contributed by atoms with van der Waals surface area (Å²) in [5.74, 6) is 0. The summed E-state index contributed by atoms with van der Waals surface area (Å²) in [6.45, 7) is 27.3. The van der Waals surface area contributed by atoms with E-state index in [2.05, 4.69) is 49.3 Å². The highest BCUT2D eigenvalue weighted by Gasteiger charge is 1.94. The fraction of sp³-hybridized carbons (Fsp3) is 0.333. The average molecular weight is 274 g/mol. The average Bonchev–Trinajstić information content (AvgIpc) is 2.41. The highest BCUT2D eigenvalue weighted by molar-refractivity contribution is 4.84. The second-order valence-electron chi connectivity index (χ2n) is 4.17. The topological polar surface area (TPSA) is 6.48 Å². The van der Waals surface area contributed by atoms with Crippen molar-refractivity contribution in [1.82, 2.24) is 9.80 Å². The molecule has 0 bridgehead atoms. The summed E-state index contributed by atoms with van der Waals surface area (Å²) in [6.07, 6.45) is 11.3. The molecule has 0 unspecified atom stereocenters. The molecular weight excluding hydrogens is 244 g/mol. The van der Waals surface area contributed by atoms with Crippen LogP contribution in [0.15, 0.2) is 75.9 Å². The van der Waals surface area contributed by atoms with Crippen molar-refractivity contribution in [2.75, 3.05) is 39.3 Å². The van der Waals surface area contributed by atoms with Crippen molar-refractivity contribution in [1.29, 1.82) is 0 Å². The third-order valence-corrected chi connectivity index (χ3v) is 2.32. The first kappa shape index (κ1) is 20.7. The lowest BCUT2D eigenvalue weighted by molar-refractivity contribution is 0.373. The van der Waals surface area contributed by atoms with Crippen LogP contribution in [-0.4, -0.2) is 49.1 Å². The van der Waals surface area contributed by atoms with Gasteiger partial charge in [-0.25, -0.2) is 0 Å². The van der Waals surface area contributed by atoms with E-state index in [0.717, 1.165) is 39.3 Å². The van der Waals surface area contributed by atoms with E-state index in [1.807, 2.05) is 36.5 Å². The van der Waals surface area contributed by atoms with Gasteiger partial charge in [-0.05, 0) is 0 Å². The second-order valence-corrected chi connectivity index (χ2v) is 4.17. The van der Waals surface area contributed by atoms with Gasteiger partial charge in [0.1, 0.15) is 0 Å². The predicted molar refractivity (Wildman–Crippen MR) is 94.1 cm³/mol. The van der Waals surface area contributed by atoms with Crippen molar-refractivity contribution in [3.63, 3.8) is 0 Å². The van der Waals surface area contributed by atoms with Gasteiger partial charge in [0.05, 0.1) is 0 Å². The molecule has 0 aliphatic carbocycles. The van der Waals surface area contributed by atoms with Crippen LogP contribution in [0, 0.1) is 0 Å². The van der Waals surface area contributed by atoms with Crippen molar-refractivity contribution < 1.29 is 0 Å². The maximum absolute atomic E-state index is 3.65. The smallest absolute Gasteiger partial charge is 0.0167 e. The molecule has 0 aromatic heterocycles. The molecule has 2 heteroatoms. The molecule has 0 N–H and O–H groups in total. The second kappa shape index (κ2) is 17.4. The maximum atomic E-state index is 3.65. The molecule has 2 nitrogen and oxygen atoms in total. The molecule has 0 aromatic rings. The number of hydrogen-bond acceptors (Lipinski definition) is 2. The lowest BCUT2D eigenvalue weighted by Gasteiger charge is -2.15. The summed E-state index contributed by atoms with van der Waals surface area (Å²) in [6, 6.07) is 0. The Morgan fingerprint density at radius 1 is 0.400 bits per heavy atom. The molecule has 0 aliphatic rings. The van der Waals surface area contributed by atoms with Crippen LogP contribution >= 0.6 is 0 Å². The summed E-state index contributed by atoms with van der Waals surface area (Å²) >= 11 is 0. The molecule has 0 rings (SSSR count). The fourth-order valence-corrected chi connectivity index (χ4v) is 1.54. The molecule has 0 amide bonds. The van der Waals surface area contributed by atoms with Gasteiger partial charge in [0.25, 0.3) is 0 Å². The first-order chi connectivity index (χ1) is 9.69. The minimum absolute atomic E-state index is 0.901. The first-order valence-electron chi connectivity index (χ1n) is 6.80. The van der Waals surface area contributed by atoms with Gasteiger partial charge in [-0.3, -0.25) is 9.80 Å². The van der Waals surface area contributed by atoms with Crippen LogP contribution in [0.4, 0.5) is 0 Å². The van der Waals surface area contributed by atoms with Crippen LogP contribution in [0.25, 0.3) is 0 Å². The van der Waals surface area contributed by atoms with Crippen molar-refractivity contribution in [3.05, 3.63) is 75.9 Å². The van der Waals surface area contributed by atoms with Gasteiger partial charge in [0.2, 0.25) is 0 Å². The number of nitrogens with zero attached hydrogens (tertiary/aromatic N) is 2. The molecule has 0 radical (unpaired) electrons. The standard InChI is InChI=1S/2C9H15N/c2*1-4-7-10(8-5-2)9-6-3/h2*4-6H,1-3,7-9H2. The molecule has 0 aliphatic heterocycles. The summed E-state index contributed by atoms with van der Waals surface area (Å²) in [7, 11) is 0. The van der Waals surface area contributed by atoms with Gasteiger partial charge in [-0.15, -0.1) is 39.5 Å². The van der Waals surface area contributed by atoms with E-state index in [1.54, 1.807) is 0 Å². The van der Waals surface area contributed by atoms with Crippen LogP contribution in [0.5, 0.6) is 0 Å². The van der Waals surface area contributed by atoms with Gasteiger partial charge in [0, 0.05) is 39.3 Å². The molecule has 112 valence electrons. The van der Waals surface area contributed by atoms with Crippen molar-refractivity contribution in [3.8, 4) is 0 Å². The van der Waals surface area contributed by atoms with Gasteiger partial charge in [-0.1, -0.05) is 36.5 Å². The zero-order valence-electron chi connectivity index (χ0n) is 12.8. The van der Waals surface area contributed by atoms with E-state index in [0.29, 0.717) is 0 Å². The SMILES string of the molecule is C=CCN(CC=C)CC=C.C=CCN(CC=C)CC=C. The minimum atomic E-state index is 0.901. The molecule has 0 aromatic carbocycles. The quantitative estimate of drug-likeness (QED) is 0.501. The molecule has 0 spiro atoms. The lowest BCUT2D eigenvalue weighted by atomic mass is 10.4. The van der Waals surface area contributed by atoms with Gasteiger partial charge in [-0.2, -0.15) is 0 Å². The maximum Gasteiger partial charge on any atom is 0.0167 e. The zero-order chi connectivity index (χ0) is 15.6. The highest BCUT2D eigenvalue weighted by Crippen LogP contribution is 1.88. The lowest BCUT2D eigenvalue weighted by Crippen LogP contribution is -2.23. The molecule has 0 heterocycles. The normalized spacial score (nSPS) is 9.30. The molecule has 0 fully saturated rings. The molecule has 20 heavy (non-hydrogen) atoms. The Morgan fingerprint density at radius 3 is 0.650 bits per heavy atom. The first-order valence-corrected chi connectivity index (χ1v) is 6.80. The van der Waals surface area contributed by atoms with Gasteiger partial charge >= 0.3 is 0 Å². The number of rotatable bonds is 12. The van der Waals surface area contributed by atoms with Crippen LogP contribution in [0.1, 0.15) is 0 Å². The van der Waals surface area contributed by atoms with Crippen molar-refractivity contribution in [2.24, 2.45) is 0 Å². The predicted octanol–water partition coefficient (Wildman–Crippen LogP) is 3.69. The van der Waals surface area contributed by atoms with Crippen LogP contribution in [-0.2, 0) is 0 Å². The summed E-state index contributed by atoms with van der Waals surface area (Å²) < 4.78 is 0. The van der Waals surface area contributed by atoms with Crippen LogP contribution < -0.4 is 0 Å². The van der Waals surface area contributed by atoms with Gasteiger partial charge in [0.15, 0.2) is 0 Å². The molecular formula is C18H30N2. The number of hydrogen-bond donors (Lipinski definition) is 0. The van der Waals surface area contributed by atoms with E-state index in [-0.39, 0.29) is 0 Å². The molecule has 0 saturated heterocycles. The Balaban J connectivity index is 0. The van der Waals surface area contributed by atoms with Crippen molar-refractivity contribution >= 4 is 0 Å². The van der Waals surface area contributed by atoms with Gasteiger partial charge < -0.3 is 0 Å². The van der Waals surface area contributed by atoms with E-state index >= 15 is 0 Å². The Kier molecular flexibility index (Phi) is 17.9. The highest BCUT2D eigenvalue weighted by atomic mass is 15.1. The summed E-state index contributed by atoms with van der Waals surface area (Å²) in [4.78, 5) is 4.38. The van der Waals surface area contributed by atoms with E-state index < -0.39 is 0 Å². The van der Waals surface area contributed by atoms with E-state index in [4.69, 9.17) is 0 Å². The fourth-order valence-electron chi connectivity index (χ4n) is 1.54. The van der Waals surface area contributed by atoms with Crippen LogP contribution in [0.3, 0.4) is 0 Å². The third kappa shape index (κ3) is 14.4. The van der Waals surface area contributed by atoms with Crippen molar-refractivity contribution in [2.45, 2.75) is 0 Å². The minimum Gasteiger partial charge on any atom is -0.292 e. The largest absolute Gasteiger partial charge is 0.292 e. The Morgan fingerprint density at radius 2 is 0.550 bits per heavy atom. The van der Waals surface area contributed by atoms with E-state index in [9.17, 15) is 0 Å². The molecule has 0 atom stereocenters. The zero-order valence-corrected chi connectivity index (χ0v) is 12.8. The Bertz CT molecular complexity index is 214. The third-order valence-electron chi connectivity index (χ3n) is 2.32.